The molecule has 4 rings (SSSR count). The summed E-state index contributed by atoms with van der Waals surface area (Å²) in [6, 6.07) is 17.0. The van der Waals surface area contributed by atoms with Crippen molar-refractivity contribution < 1.29 is 14.7 Å². The molecule has 2 unspecified atom stereocenters. The second kappa shape index (κ2) is 8.72. The van der Waals surface area contributed by atoms with Gasteiger partial charge in [-0.15, -0.1) is 0 Å². The number of amides is 1. The fourth-order valence-corrected chi connectivity index (χ4v) is 4.20. The maximum absolute atomic E-state index is 13.1. The van der Waals surface area contributed by atoms with E-state index in [9.17, 15) is 14.7 Å². The zero-order valence-corrected chi connectivity index (χ0v) is 17.8. The fourth-order valence-electron chi connectivity index (χ4n) is 4.20. The molecular weight excluding hydrogens is 388 g/mol. The third kappa shape index (κ3) is 4.22. The predicted octanol–water partition coefficient (Wildman–Crippen LogP) is 4.95. The minimum atomic E-state index is -0.823. The number of Topliss-reactive ketones (excluding diaryl/α,β-unsaturated/α-hetero) is 1. The van der Waals surface area contributed by atoms with Gasteiger partial charge < -0.3 is 10.4 Å². The summed E-state index contributed by atoms with van der Waals surface area (Å²) in [6.45, 7) is 4.51. The van der Waals surface area contributed by atoms with Gasteiger partial charge in [0.15, 0.2) is 5.78 Å². The molecule has 5 nitrogen and oxygen atoms in total. The van der Waals surface area contributed by atoms with Crippen LogP contribution in [0.3, 0.4) is 0 Å². The Morgan fingerprint density at radius 1 is 1.10 bits per heavy atom. The maximum Gasteiger partial charge on any atom is 0.231 e. The number of fused-ring (bicyclic) bond motifs is 2. The summed E-state index contributed by atoms with van der Waals surface area (Å²) in [5.74, 6) is -1.70. The van der Waals surface area contributed by atoms with Gasteiger partial charge in [-0.25, -0.2) is 4.98 Å². The highest BCUT2D eigenvalue weighted by atomic mass is 16.3. The summed E-state index contributed by atoms with van der Waals surface area (Å²) < 4.78 is 0. The van der Waals surface area contributed by atoms with Gasteiger partial charge in [0.2, 0.25) is 5.91 Å². The first-order valence-electron chi connectivity index (χ1n) is 10.7. The van der Waals surface area contributed by atoms with Crippen LogP contribution in [0.5, 0.6) is 0 Å². The Morgan fingerprint density at radius 3 is 2.61 bits per heavy atom. The van der Waals surface area contributed by atoms with Crippen molar-refractivity contribution >= 4 is 28.7 Å². The van der Waals surface area contributed by atoms with Gasteiger partial charge >= 0.3 is 0 Å². The average Bonchev–Trinajstić information content (AvgIpc) is 2.77. The second-order valence-electron chi connectivity index (χ2n) is 8.10. The third-order valence-corrected chi connectivity index (χ3v) is 5.77. The van der Waals surface area contributed by atoms with E-state index in [0.717, 1.165) is 28.5 Å². The van der Waals surface area contributed by atoms with Crippen LogP contribution in [0, 0.1) is 12.8 Å². The van der Waals surface area contributed by atoms with Gasteiger partial charge in [-0.05, 0) is 37.1 Å². The first-order valence-corrected chi connectivity index (χ1v) is 10.7. The van der Waals surface area contributed by atoms with E-state index in [0.29, 0.717) is 17.8 Å². The van der Waals surface area contributed by atoms with E-state index >= 15 is 0 Å². The Labute approximate surface area is 181 Å². The summed E-state index contributed by atoms with van der Waals surface area (Å²) in [4.78, 5) is 30.8. The number of benzene rings is 2. The third-order valence-electron chi connectivity index (χ3n) is 5.77. The van der Waals surface area contributed by atoms with E-state index in [4.69, 9.17) is 4.98 Å². The summed E-state index contributed by atoms with van der Waals surface area (Å²) in [7, 11) is 0. The maximum atomic E-state index is 13.1. The lowest BCUT2D eigenvalue weighted by molar-refractivity contribution is -0.125. The molecule has 2 N–H and O–H groups in total. The van der Waals surface area contributed by atoms with E-state index in [2.05, 4.69) is 5.32 Å². The van der Waals surface area contributed by atoms with Crippen molar-refractivity contribution in [3.05, 3.63) is 82.7 Å². The molecule has 158 valence electrons. The SMILES string of the molecule is CCCNC(=O)C1C(O)=Cc2nc3ccc(C)cc3cc2C1CC(=O)c1ccccc1. The molecule has 0 fully saturated rings. The Morgan fingerprint density at radius 2 is 1.87 bits per heavy atom. The van der Waals surface area contributed by atoms with Crippen molar-refractivity contribution in [2.45, 2.75) is 32.6 Å². The van der Waals surface area contributed by atoms with E-state index in [1.807, 2.05) is 56.3 Å². The number of rotatable bonds is 6. The number of aliphatic hydroxyl groups is 1. The van der Waals surface area contributed by atoms with Gasteiger partial charge in [-0.2, -0.15) is 0 Å². The molecule has 2 aromatic carbocycles. The normalized spacial score (nSPS) is 17.7. The minimum absolute atomic E-state index is 0.0501. The highest BCUT2D eigenvalue weighted by Gasteiger charge is 2.39. The smallest absolute Gasteiger partial charge is 0.231 e. The number of hydrogen-bond acceptors (Lipinski definition) is 4. The largest absolute Gasteiger partial charge is 0.511 e. The lowest BCUT2D eigenvalue weighted by Crippen LogP contribution is -2.38. The summed E-state index contributed by atoms with van der Waals surface area (Å²) >= 11 is 0. The van der Waals surface area contributed by atoms with Crippen molar-refractivity contribution in [1.29, 1.82) is 0 Å². The molecular formula is C26H26N2O3. The molecule has 1 aliphatic rings. The number of hydrogen-bond donors (Lipinski definition) is 2. The number of carbonyl (C=O) groups excluding carboxylic acids is 2. The van der Waals surface area contributed by atoms with E-state index in [1.165, 1.54) is 0 Å². The van der Waals surface area contributed by atoms with Crippen molar-refractivity contribution in [3.8, 4) is 0 Å². The number of nitrogens with one attached hydrogen (secondary N) is 1. The van der Waals surface area contributed by atoms with Crippen LogP contribution in [0.4, 0.5) is 0 Å². The van der Waals surface area contributed by atoms with E-state index in [-0.39, 0.29) is 23.9 Å². The molecule has 0 aliphatic heterocycles. The zero-order chi connectivity index (χ0) is 22.0. The van der Waals surface area contributed by atoms with Crippen LogP contribution in [0.1, 0.15) is 52.9 Å². The quantitative estimate of drug-likeness (QED) is 0.559. The fraction of sp³-hybridized carbons (Fsp3) is 0.269. The lowest BCUT2D eigenvalue weighted by atomic mass is 9.75. The molecule has 1 amide bonds. The Kier molecular flexibility index (Phi) is 5.85. The molecule has 0 saturated carbocycles. The van der Waals surface area contributed by atoms with Crippen LogP contribution < -0.4 is 5.32 Å². The minimum Gasteiger partial charge on any atom is -0.511 e. The number of aliphatic hydroxyl groups excluding tert-OH is 1. The van der Waals surface area contributed by atoms with Gasteiger partial charge in [-0.1, -0.05) is 48.9 Å². The predicted molar refractivity (Wildman–Crippen MR) is 122 cm³/mol. The molecule has 31 heavy (non-hydrogen) atoms. The molecule has 1 heterocycles. The van der Waals surface area contributed by atoms with Crippen molar-refractivity contribution in [1.82, 2.24) is 10.3 Å². The van der Waals surface area contributed by atoms with E-state index in [1.54, 1.807) is 18.2 Å². The molecule has 0 bridgehead atoms. The van der Waals surface area contributed by atoms with Crippen LogP contribution in [0.15, 0.2) is 60.4 Å². The van der Waals surface area contributed by atoms with Crippen LogP contribution in [0.2, 0.25) is 0 Å². The first kappa shape index (κ1) is 20.8. The molecule has 5 heteroatoms. The first-order chi connectivity index (χ1) is 15.0. The number of aromatic nitrogens is 1. The van der Waals surface area contributed by atoms with Gasteiger partial charge in [0.25, 0.3) is 0 Å². The van der Waals surface area contributed by atoms with Gasteiger partial charge in [0.05, 0.1) is 11.2 Å². The number of pyridine rings is 1. The number of ketones is 1. The van der Waals surface area contributed by atoms with Crippen LogP contribution >= 0.6 is 0 Å². The number of aryl methyl sites for hydroxylation is 1. The van der Waals surface area contributed by atoms with Crippen LogP contribution in [-0.2, 0) is 4.79 Å². The summed E-state index contributed by atoms with van der Waals surface area (Å²) in [5.41, 5.74) is 3.94. The number of nitrogens with zero attached hydrogens (tertiary/aromatic N) is 1. The molecule has 3 aromatic rings. The molecule has 2 atom stereocenters. The highest BCUT2D eigenvalue weighted by Crippen LogP contribution is 2.41. The second-order valence-corrected chi connectivity index (χ2v) is 8.10. The Hall–Kier alpha value is -3.47. The molecule has 1 aliphatic carbocycles. The summed E-state index contributed by atoms with van der Waals surface area (Å²) in [5, 5.41) is 14.6. The van der Waals surface area contributed by atoms with Gasteiger partial charge in [-0.3, -0.25) is 9.59 Å². The van der Waals surface area contributed by atoms with Gasteiger partial charge in [0.1, 0.15) is 11.7 Å². The Balaban J connectivity index is 1.80. The molecule has 0 spiro atoms. The highest BCUT2D eigenvalue weighted by molar-refractivity contribution is 5.98. The van der Waals surface area contributed by atoms with Crippen molar-refractivity contribution in [2.24, 2.45) is 5.92 Å². The van der Waals surface area contributed by atoms with Crippen molar-refractivity contribution in [3.63, 3.8) is 0 Å². The Bertz CT molecular complexity index is 1170. The standard InChI is InChI=1S/C26H26N2O3/c1-3-11-27-26(31)25-20(14-23(29)17-7-5-4-6-8-17)19-13-18-12-16(2)9-10-21(18)28-22(19)15-24(25)30/h4-10,12-13,15,20,25,30H,3,11,14H2,1-2H3,(H,27,31). The molecule has 0 saturated heterocycles. The lowest BCUT2D eigenvalue weighted by Gasteiger charge is -2.30. The monoisotopic (exact) mass is 414 g/mol. The van der Waals surface area contributed by atoms with Crippen LogP contribution in [-0.4, -0.2) is 28.3 Å². The molecule has 1 aromatic heterocycles. The zero-order valence-electron chi connectivity index (χ0n) is 17.8. The number of carbonyl (C=O) groups is 2. The van der Waals surface area contributed by atoms with E-state index < -0.39 is 11.8 Å². The van der Waals surface area contributed by atoms with Gasteiger partial charge in [0, 0.05) is 35.9 Å². The molecule has 0 radical (unpaired) electrons. The summed E-state index contributed by atoms with van der Waals surface area (Å²) in [6.07, 6.45) is 2.46. The average molecular weight is 415 g/mol. The van der Waals surface area contributed by atoms with Crippen LogP contribution in [0.25, 0.3) is 17.0 Å². The van der Waals surface area contributed by atoms with Crippen molar-refractivity contribution in [2.75, 3.05) is 6.54 Å². The topological polar surface area (TPSA) is 79.3 Å².